The number of carbonyl (C=O) groups is 1. The fourth-order valence-electron chi connectivity index (χ4n) is 1.63. The van der Waals surface area contributed by atoms with Crippen LogP contribution in [-0.2, 0) is 14.3 Å². The molecule has 0 aromatic rings. The lowest BCUT2D eigenvalue weighted by Gasteiger charge is -2.32. The highest BCUT2D eigenvalue weighted by Crippen LogP contribution is 2.42. The second-order valence-electron chi connectivity index (χ2n) is 3.42. The van der Waals surface area contributed by atoms with Crippen molar-refractivity contribution < 1.29 is 14.3 Å². The molecule has 2 bridgehead atoms. The van der Waals surface area contributed by atoms with E-state index >= 15 is 0 Å². The smallest absolute Gasteiger partial charge is 0.208 e. The third-order valence-corrected chi connectivity index (χ3v) is 3.42. The second-order valence-corrected chi connectivity index (χ2v) is 4.17. The number of carbonyl (C=O) groups excluding carboxylic acids is 1. The minimum Gasteiger partial charge on any atom is -0.378 e. The zero-order valence-corrected chi connectivity index (χ0v) is 9.64. The van der Waals surface area contributed by atoms with Gasteiger partial charge < -0.3 is 9.47 Å². The summed E-state index contributed by atoms with van der Waals surface area (Å²) in [6.45, 7) is 2.71. The van der Waals surface area contributed by atoms with Crippen LogP contribution in [-0.4, -0.2) is 30.7 Å². The van der Waals surface area contributed by atoms with Gasteiger partial charge in [0.1, 0.15) is 16.7 Å². The summed E-state index contributed by atoms with van der Waals surface area (Å²) in [6, 6.07) is 0. The predicted molar refractivity (Wildman–Crippen MR) is 57.0 cm³/mol. The van der Waals surface area contributed by atoms with Gasteiger partial charge >= 0.3 is 0 Å². The van der Waals surface area contributed by atoms with Gasteiger partial charge in [0.25, 0.3) is 0 Å². The molecular weight excluding hydrogens is 239 g/mol. The lowest BCUT2D eigenvalue weighted by Crippen LogP contribution is -2.42. The van der Waals surface area contributed by atoms with Crippen LogP contribution in [0.2, 0.25) is 0 Å². The van der Waals surface area contributed by atoms with Crippen LogP contribution in [0.25, 0.3) is 0 Å². The molecular formula is C10H10Cl2O3. The maximum Gasteiger partial charge on any atom is 0.208 e. The summed E-state index contributed by atoms with van der Waals surface area (Å²) in [7, 11) is 0. The first-order valence-electron chi connectivity index (χ1n) is 4.65. The first-order valence-corrected chi connectivity index (χ1v) is 5.41. The van der Waals surface area contributed by atoms with E-state index in [4.69, 9.17) is 32.7 Å². The van der Waals surface area contributed by atoms with Gasteiger partial charge in [-0.1, -0.05) is 23.2 Å². The van der Waals surface area contributed by atoms with Crippen LogP contribution in [0.5, 0.6) is 0 Å². The van der Waals surface area contributed by atoms with Gasteiger partial charge in [-0.2, -0.15) is 0 Å². The van der Waals surface area contributed by atoms with E-state index in [1.807, 2.05) is 6.92 Å². The van der Waals surface area contributed by atoms with E-state index in [9.17, 15) is 4.79 Å². The van der Waals surface area contributed by atoms with Gasteiger partial charge in [-0.25, -0.2) is 0 Å². The highest BCUT2D eigenvalue weighted by Gasteiger charge is 2.48. The summed E-state index contributed by atoms with van der Waals surface area (Å²) >= 11 is 11.9. The summed E-state index contributed by atoms with van der Waals surface area (Å²) in [5.74, 6) is -0.289. The molecule has 0 aromatic carbocycles. The van der Waals surface area contributed by atoms with E-state index in [1.54, 1.807) is 12.2 Å². The lowest BCUT2D eigenvalue weighted by atomic mass is 10.0. The molecule has 0 aromatic heterocycles. The van der Waals surface area contributed by atoms with Gasteiger partial charge in [0.2, 0.25) is 5.78 Å². The Morgan fingerprint density at radius 2 is 2.33 bits per heavy atom. The topological polar surface area (TPSA) is 35.5 Å². The number of ether oxygens (including phenoxy) is 2. The Balaban J connectivity index is 2.33. The van der Waals surface area contributed by atoms with Gasteiger partial charge in [-0.3, -0.25) is 4.79 Å². The first kappa shape index (κ1) is 11.1. The van der Waals surface area contributed by atoms with E-state index in [2.05, 4.69) is 0 Å². The summed E-state index contributed by atoms with van der Waals surface area (Å²) < 4.78 is 10.8. The summed E-state index contributed by atoms with van der Waals surface area (Å²) in [5, 5.41) is 0.269. The van der Waals surface area contributed by atoms with E-state index < -0.39 is 11.7 Å². The molecule has 0 radical (unpaired) electrons. The molecule has 0 spiro atoms. The zero-order valence-electron chi connectivity index (χ0n) is 8.13. The van der Waals surface area contributed by atoms with Gasteiger partial charge in [0.05, 0.1) is 11.6 Å². The zero-order chi connectivity index (χ0) is 11.1. The largest absolute Gasteiger partial charge is 0.378 e. The van der Waals surface area contributed by atoms with E-state index in [1.165, 1.54) is 0 Å². The Hall–Kier alpha value is -0.350. The van der Waals surface area contributed by atoms with Crippen molar-refractivity contribution in [3.05, 3.63) is 22.2 Å². The lowest BCUT2D eigenvalue weighted by molar-refractivity contribution is -0.132. The Morgan fingerprint density at radius 1 is 1.60 bits per heavy atom. The van der Waals surface area contributed by atoms with Crippen LogP contribution in [0.1, 0.15) is 6.92 Å². The molecule has 0 unspecified atom stereocenters. The van der Waals surface area contributed by atoms with E-state index in [-0.39, 0.29) is 22.5 Å². The minimum atomic E-state index is -0.854. The van der Waals surface area contributed by atoms with Crippen molar-refractivity contribution in [2.75, 3.05) is 13.2 Å². The second kappa shape index (κ2) is 3.91. The van der Waals surface area contributed by atoms with E-state index in [0.29, 0.717) is 6.61 Å². The average molecular weight is 249 g/mol. The highest BCUT2D eigenvalue weighted by atomic mass is 35.5. The van der Waals surface area contributed by atoms with Gasteiger partial charge in [-0.05, 0) is 19.1 Å². The standard InChI is InChI=1S/C10H10Cl2O3/c1-2-14-5-10-4-3-6(15-10)8(13)7(11)9(10)12/h3-4,6H,2,5H2,1H3/t6-,10+/m1/s1. The van der Waals surface area contributed by atoms with Crippen LogP contribution < -0.4 is 0 Å². The summed E-state index contributed by atoms with van der Waals surface area (Å²) in [4.78, 5) is 11.5. The molecule has 0 saturated heterocycles. The molecule has 2 atom stereocenters. The third-order valence-electron chi connectivity index (χ3n) is 2.44. The maximum atomic E-state index is 11.5. The average Bonchev–Trinajstić information content (AvgIpc) is 2.65. The predicted octanol–water partition coefficient (Wildman–Crippen LogP) is 1.99. The molecule has 15 heavy (non-hydrogen) atoms. The van der Waals surface area contributed by atoms with Gasteiger partial charge in [-0.15, -0.1) is 0 Å². The molecule has 0 N–H and O–H groups in total. The van der Waals surface area contributed by atoms with Crippen LogP contribution in [0, 0.1) is 0 Å². The molecule has 82 valence electrons. The van der Waals surface area contributed by atoms with Crippen molar-refractivity contribution in [2.24, 2.45) is 0 Å². The number of rotatable bonds is 3. The Morgan fingerprint density at radius 3 is 3.00 bits per heavy atom. The highest BCUT2D eigenvalue weighted by molar-refractivity contribution is 6.50. The molecule has 5 heteroatoms. The molecule has 3 nitrogen and oxygen atoms in total. The van der Waals surface area contributed by atoms with Gasteiger partial charge in [0.15, 0.2) is 0 Å². The molecule has 0 saturated carbocycles. The SMILES string of the molecule is CCOC[C@]12C=C[C@@H](O1)C(=O)C(Cl)=C2Cl. The van der Waals surface area contributed by atoms with E-state index in [0.717, 1.165) is 0 Å². The fraction of sp³-hybridized carbons (Fsp3) is 0.500. The summed E-state index contributed by atoms with van der Waals surface area (Å²) in [6.07, 6.45) is 2.79. The van der Waals surface area contributed by atoms with Crippen molar-refractivity contribution in [3.63, 3.8) is 0 Å². The molecule has 0 fully saturated rings. The number of hydrogen-bond donors (Lipinski definition) is 0. The molecule has 2 aliphatic rings. The quantitative estimate of drug-likeness (QED) is 0.717. The van der Waals surface area contributed by atoms with Crippen molar-refractivity contribution in [2.45, 2.75) is 18.6 Å². The maximum absolute atomic E-state index is 11.5. The number of fused-ring (bicyclic) bond motifs is 2. The Bertz CT molecular complexity index is 362. The van der Waals surface area contributed by atoms with Crippen LogP contribution in [0.4, 0.5) is 0 Å². The van der Waals surface area contributed by atoms with Gasteiger partial charge in [0, 0.05) is 6.61 Å². The number of ketones is 1. The first-order chi connectivity index (χ1) is 7.10. The van der Waals surface area contributed by atoms with Crippen LogP contribution >= 0.6 is 23.2 Å². The Labute approximate surface area is 97.6 Å². The summed E-state index contributed by atoms with van der Waals surface area (Å²) in [5.41, 5.74) is -0.854. The minimum absolute atomic E-state index is 0.0534. The monoisotopic (exact) mass is 248 g/mol. The number of Topliss-reactive ketones (excluding diaryl/α,β-unsaturated/α-hetero) is 1. The van der Waals surface area contributed by atoms with Crippen molar-refractivity contribution in [3.8, 4) is 0 Å². The molecule has 2 aliphatic heterocycles. The third kappa shape index (κ3) is 1.64. The van der Waals surface area contributed by atoms with Crippen molar-refractivity contribution in [1.29, 1.82) is 0 Å². The molecule has 0 aliphatic carbocycles. The van der Waals surface area contributed by atoms with Crippen molar-refractivity contribution in [1.82, 2.24) is 0 Å². The Kier molecular flexibility index (Phi) is 2.90. The molecule has 2 rings (SSSR count). The number of halogens is 2. The normalized spacial score (nSPS) is 34.1. The molecule has 2 heterocycles. The van der Waals surface area contributed by atoms with Crippen LogP contribution in [0.15, 0.2) is 22.2 Å². The fourth-order valence-corrected chi connectivity index (χ4v) is 2.15. The van der Waals surface area contributed by atoms with Crippen molar-refractivity contribution >= 4 is 29.0 Å². The van der Waals surface area contributed by atoms with Crippen LogP contribution in [0.3, 0.4) is 0 Å². The number of hydrogen-bond acceptors (Lipinski definition) is 3. The molecule has 0 amide bonds.